The quantitative estimate of drug-likeness (QED) is 0.647. The first kappa shape index (κ1) is 16.4. The molecule has 3 amide bonds. The maximum atomic E-state index is 12.9. The molecule has 0 radical (unpaired) electrons. The number of benzene rings is 1. The molecule has 1 aromatic rings. The van der Waals surface area contributed by atoms with E-state index in [2.05, 4.69) is 21.2 Å². The lowest BCUT2D eigenvalue weighted by atomic mass is 10.1. The third-order valence-electron chi connectivity index (χ3n) is 3.14. The predicted octanol–water partition coefficient (Wildman–Crippen LogP) is 1.96. The van der Waals surface area contributed by atoms with Gasteiger partial charge in [-0.1, -0.05) is 22.0 Å². The number of carbonyl (C=O) groups is 3. The van der Waals surface area contributed by atoms with Crippen LogP contribution >= 0.6 is 15.9 Å². The average molecular weight is 373 g/mol. The van der Waals surface area contributed by atoms with Gasteiger partial charge in [0.25, 0.3) is 5.91 Å². The van der Waals surface area contributed by atoms with Gasteiger partial charge in [-0.05, 0) is 26.0 Å². The molecule has 1 aliphatic rings. The van der Waals surface area contributed by atoms with Crippen LogP contribution in [-0.4, -0.2) is 34.9 Å². The second kappa shape index (κ2) is 6.04. The van der Waals surface area contributed by atoms with Crippen LogP contribution in [0.15, 0.2) is 22.7 Å². The van der Waals surface area contributed by atoms with E-state index in [0.29, 0.717) is 10.0 Å². The van der Waals surface area contributed by atoms with Crippen LogP contribution in [0.4, 0.5) is 9.18 Å². The van der Waals surface area contributed by atoms with E-state index in [0.717, 1.165) is 4.90 Å². The number of imide groups is 1. The number of rotatable bonds is 4. The van der Waals surface area contributed by atoms with Crippen molar-refractivity contribution in [1.82, 2.24) is 10.2 Å². The van der Waals surface area contributed by atoms with Gasteiger partial charge >= 0.3 is 12.0 Å². The number of halogens is 2. The van der Waals surface area contributed by atoms with Crippen LogP contribution < -0.4 is 5.32 Å². The molecule has 1 heterocycles. The SMILES string of the molecule is CC1(C)NC(=O)N(CC(=O)OCc2ccc(F)cc2Br)C1=O. The normalized spacial score (nSPS) is 16.6. The molecule has 6 nitrogen and oxygen atoms in total. The van der Waals surface area contributed by atoms with Crippen molar-refractivity contribution in [2.75, 3.05) is 6.54 Å². The minimum Gasteiger partial charge on any atom is -0.459 e. The van der Waals surface area contributed by atoms with Crippen LogP contribution in [0.5, 0.6) is 0 Å². The lowest BCUT2D eigenvalue weighted by Crippen LogP contribution is -2.41. The Morgan fingerprint density at radius 3 is 2.64 bits per heavy atom. The molecule has 0 unspecified atom stereocenters. The van der Waals surface area contributed by atoms with Gasteiger partial charge in [-0.15, -0.1) is 0 Å². The second-order valence-corrected chi connectivity index (χ2v) is 6.20. The first-order valence-electron chi connectivity index (χ1n) is 6.44. The van der Waals surface area contributed by atoms with Gasteiger partial charge in [-0.2, -0.15) is 0 Å². The van der Waals surface area contributed by atoms with Crippen molar-refractivity contribution < 1.29 is 23.5 Å². The Labute approximate surface area is 134 Å². The molecular formula is C14H14BrFN2O4. The van der Waals surface area contributed by atoms with Crippen molar-refractivity contribution in [3.05, 3.63) is 34.1 Å². The molecule has 8 heteroatoms. The molecule has 0 bridgehead atoms. The summed E-state index contributed by atoms with van der Waals surface area (Å²) in [4.78, 5) is 36.1. The van der Waals surface area contributed by atoms with E-state index in [1.807, 2.05) is 0 Å². The number of ether oxygens (including phenoxy) is 1. The molecule has 22 heavy (non-hydrogen) atoms. The van der Waals surface area contributed by atoms with Gasteiger partial charge < -0.3 is 10.1 Å². The van der Waals surface area contributed by atoms with Crippen LogP contribution in [-0.2, 0) is 20.9 Å². The van der Waals surface area contributed by atoms with Crippen LogP contribution in [0.25, 0.3) is 0 Å². The highest BCUT2D eigenvalue weighted by Gasteiger charge is 2.45. The van der Waals surface area contributed by atoms with E-state index in [1.165, 1.54) is 18.2 Å². The van der Waals surface area contributed by atoms with Gasteiger partial charge in [0, 0.05) is 10.0 Å². The Kier molecular flexibility index (Phi) is 4.50. The van der Waals surface area contributed by atoms with E-state index < -0.39 is 35.8 Å². The van der Waals surface area contributed by atoms with Crippen LogP contribution in [0.2, 0.25) is 0 Å². The van der Waals surface area contributed by atoms with E-state index in [-0.39, 0.29) is 6.61 Å². The molecule has 0 aromatic heterocycles. The number of nitrogens with zero attached hydrogens (tertiary/aromatic N) is 1. The van der Waals surface area contributed by atoms with Crippen LogP contribution in [0, 0.1) is 5.82 Å². The van der Waals surface area contributed by atoms with Crippen molar-refractivity contribution in [2.24, 2.45) is 0 Å². The average Bonchev–Trinajstić information content (AvgIpc) is 2.60. The number of esters is 1. The van der Waals surface area contributed by atoms with Gasteiger partial charge in [0.05, 0.1) is 0 Å². The van der Waals surface area contributed by atoms with Crippen molar-refractivity contribution in [3.8, 4) is 0 Å². The Morgan fingerprint density at radius 2 is 2.09 bits per heavy atom. The maximum absolute atomic E-state index is 12.9. The maximum Gasteiger partial charge on any atom is 0.326 e. The van der Waals surface area contributed by atoms with E-state index in [1.54, 1.807) is 13.8 Å². The third-order valence-corrected chi connectivity index (χ3v) is 3.87. The number of urea groups is 1. The molecular weight excluding hydrogens is 359 g/mol. The van der Waals surface area contributed by atoms with E-state index in [9.17, 15) is 18.8 Å². The highest BCUT2D eigenvalue weighted by atomic mass is 79.9. The molecule has 1 aliphatic heterocycles. The Balaban J connectivity index is 1.94. The summed E-state index contributed by atoms with van der Waals surface area (Å²) in [5.74, 6) is -1.63. The molecule has 0 saturated carbocycles. The zero-order valence-electron chi connectivity index (χ0n) is 12.0. The summed E-state index contributed by atoms with van der Waals surface area (Å²) in [7, 11) is 0. The molecule has 0 aliphatic carbocycles. The first-order chi connectivity index (χ1) is 10.2. The minimum atomic E-state index is -1.03. The number of hydrogen-bond donors (Lipinski definition) is 1. The highest BCUT2D eigenvalue weighted by Crippen LogP contribution is 2.19. The summed E-state index contributed by atoms with van der Waals surface area (Å²) in [5, 5.41) is 2.47. The lowest BCUT2D eigenvalue weighted by Gasteiger charge is -2.15. The zero-order valence-corrected chi connectivity index (χ0v) is 13.6. The summed E-state index contributed by atoms with van der Waals surface area (Å²) in [6, 6.07) is 3.34. The fraction of sp³-hybridized carbons (Fsp3) is 0.357. The molecule has 1 fully saturated rings. The Morgan fingerprint density at radius 1 is 1.41 bits per heavy atom. The molecule has 1 aromatic carbocycles. The standard InChI is InChI=1S/C14H14BrFN2O4/c1-14(2)12(20)18(13(21)17-14)6-11(19)22-7-8-3-4-9(16)5-10(8)15/h3-5H,6-7H2,1-2H3,(H,17,21). The minimum absolute atomic E-state index is 0.0905. The van der Waals surface area contributed by atoms with Gasteiger partial charge in [0.15, 0.2) is 0 Å². The van der Waals surface area contributed by atoms with Gasteiger partial charge in [0.1, 0.15) is 24.5 Å². The molecule has 1 N–H and O–H groups in total. The van der Waals surface area contributed by atoms with Crippen molar-refractivity contribution in [1.29, 1.82) is 0 Å². The zero-order chi connectivity index (χ0) is 16.5. The van der Waals surface area contributed by atoms with Crippen molar-refractivity contribution in [2.45, 2.75) is 26.0 Å². The third kappa shape index (κ3) is 3.44. The topological polar surface area (TPSA) is 75.7 Å². The molecule has 0 atom stereocenters. The highest BCUT2D eigenvalue weighted by molar-refractivity contribution is 9.10. The summed E-state index contributed by atoms with van der Waals surface area (Å²) in [6.07, 6.45) is 0. The number of hydrogen-bond acceptors (Lipinski definition) is 4. The molecule has 2 rings (SSSR count). The summed E-state index contributed by atoms with van der Waals surface area (Å²) in [5.41, 5.74) is -0.454. The molecule has 118 valence electrons. The fourth-order valence-electron chi connectivity index (χ4n) is 1.93. The van der Waals surface area contributed by atoms with E-state index >= 15 is 0 Å². The van der Waals surface area contributed by atoms with Crippen LogP contribution in [0.3, 0.4) is 0 Å². The smallest absolute Gasteiger partial charge is 0.326 e. The first-order valence-corrected chi connectivity index (χ1v) is 7.23. The summed E-state index contributed by atoms with van der Waals surface area (Å²) >= 11 is 3.16. The van der Waals surface area contributed by atoms with Gasteiger partial charge in [-0.25, -0.2) is 9.18 Å². The van der Waals surface area contributed by atoms with Crippen molar-refractivity contribution >= 4 is 33.8 Å². The summed E-state index contributed by atoms with van der Waals surface area (Å²) < 4.78 is 18.4. The summed E-state index contributed by atoms with van der Waals surface area (Å²) in [6.45, 7) is 2.54. The van der Waals surface area contributed by atoms with Gasteiger partial charge in [-0.3, -0.25) is 14.5 Å². The number of carbonyl (C=O) groups excluding carboxylic acids is 3. The largest absolute Gasteiger partial charge is 0.459 e. The van der Waals surface area contributed by atoms with Gasteiger partial charge in [0.2, 0.25) is 0 Å². The van der Waals surface area contributed by atoms with Crippen LogP contribution in [0.1, 0.15) is 19.4 Å². The number of amides is 3. The molecule has 1 saturated heterocycles. The fourth-order valence-corrected chi connectivity index (χ4v) is 2.40. The lowest BCUT2D eigenvalue weighted by molar-refractivity contribution is -0.148. The Hall–Kier alpha value is -1.96. The predicted molar refractivity (Wildman–Crippen MR) is 78.2 cm³/mol. The Bertz CT molecular complexity index is 648. The number of nitrogens with one attached hydrogen (secondary N) is 1. The van der Waals surface area contributed by atoms with E-state index in [4.69, 9.17) is 4.74 Å². The second-order valence-electron chi connectivity index (χ2n) is 5.34. The van der Waals surface area contributed by atoms with Crippen molar-refractivity contribution in [3.63, 3.8) is 0 Å². The monoisotopic (exact) mass is 372 g/mol. The molecule has 0 spiro atoms.